The third-order valence-electron chi connectivity index (χ3n) is 3.40. The normalized spacial score (nSPS) is 18.1. The van der Waals surface area contributed by atoms with Crippen LogP contribution in [0.3, 0.4) is 0 Å². The lowest BCUT2D eigenvalue weighted by molar-refractivity contribution is 0.0923. The van der Waals surface area contributed by atoms with Gasteiger partial charge in [-0.15, -0.1) is 0 Å². The van der Waals surface area contributed by atoms with Gasteiger partial charge in [-0.05, 0) is 20.3 Å². The molecule has 0 bridgehead atoms. The number of rotatable bonds is 2. The van der Waals surface area contributed by atoms with E-state index >= 15 is 0 Å². The fraction of sp³-hybridized carbons (Fsp3) is 0.462. The van der Waals surface area contributed by atoms with Crippen LogP contribution >= 0.6 is 0 Å². The molecule has 0 spiro atoms. The molecular formula is C13H17N5O. The number of hydrogen-bond donors (Lipinski definition) is 2. The first-order chi connectivity index (χ1) is 9.11. The number of aromatic nitrogens is 4. The molecule has 3 rings (SSSR count). The highest BCUT2D eigenvalue weighted by molar-refractivity contribution is 5.92. The Morgan fingerprint density at radius 2 is 2.37 bits per heavy atom. The van der Waals surface area contributed by atoms with Crippen molar-refractivity contribution >= 4 is 5.91 Å². The van der Waals surface area contributed by atoms with E-state index in [1.807, 2.05) is 20.0 Å². The molecule has 2 N–H and O–H groups in total. The Morgan fingerprint density at radius 1 is 1.53 bits per heavy atom. The van der Waals surface area contributed by atoms with Gasteiger partial charge in [-0.25, -0.2) is 9.97 Å². The number of amides is 1. The first-order valence-corrected chi connectivity index (χ1v) is 6.47. The van der Waals surface area contributed by atoms with Crippen LogP contribution in [-0.2, 0) is 13.0 Å². The summed E-state index contributed by atoms with van der Waals surface area (Å²) in [7, 11) is 0. The molecule has 2 aromatic heterocycles. The molecule has 6 heteroatoms. The van der Waals surface area contributed by atoms with Crippen LogP contribution in [0.15, 0.2) is 12.4 Å². The minimum Gasteiger partial charge on any atom is -0.346 e. The standard InChI is InChI=1S/C13H17N5O/c1-8-6-18-7-10(3-4-12(18)15-8)17-13(19)11-5-14-9(2)16-11/h5-6,10H,3-4,7H2,1-2H3,(H,14,16)(H,17,19)/t10-/m1/s1. The smallest absolute Gasteiger partial charge is 0.269 e. The first kappa shape index (κ1) is 12.0. The molecule has 0 saturated carbocycles. The average Bonchev–Trinajstić information content (AvgIpc) is 2.93. The number of imidazole rings is 2. The molecule has 1 atom stereocenters. The van der Waals surface area contributed by atoms with Crippen LogP contribution < -0.4 is 5.32 Å². The zero-order valence-electron chi connectivity index (χ0n) is 11.1. The lowest BCUT2D eigenvalue weighted by Gasteiger charge is -2.24. The second-order valence-corrected chi connectivity index (χ2v) is 5.04. The van der Waals surface area contributed by atoms with Gasteiger partial charge in [-0.3, -0.25) is 4.79 Å². The van der Waals surface area contributed by atoms with Gasteiger partial charge in [0.25, 0.3) is 5.91 Å². The Hall–Kier alpha value is -2.11. The van der Waals surface area contributed by atoms with Crippen molar-refractivity contribution in [2.45, 2.75) is 39.3 Å². The summed E-state index contributed by atoms with van der Waals surface area (Å²) in [5.41, 5.74) is 1.55. The molecule has 0 unspecified atom stereocenters. The van der Waals surface area contributed by atoms with Gasteiger partial charge in [0, 0.05) is 25.2 Å². The van der Waals surface area contributed by atoms with Crippen LogP contribution in [0.2, 0.25) is 0 Å². The van der Waals surface area contributed by atoms with Gasteiger partial charge in [-0.2, -0.15) is 0 Å². The van der Waals surface area contributed by atoms with Gasteiger partial charge in [0.05, 0.1) is 11.9 Å². The van der Waals surface area contributed by atoms with E-state index in [4.69, 9.17) is 0 Å². The summed E-state index contributed by atoms with van der Waals surface area (Å²) >= 11 is 0. The van der Waals surface area contributed by atoms with Crippen molar-refractivity contribution in [2.75, 3.05) is 0 Å². The molecule has 0 radical (unpaired) electrons. The molecule has 0 fully saturated rings. The number of hydrogen-bond acceptors (Lipinski definition) is 3. The van der Waals surface area contributed by atoms with Crippen molar-refractivity contribution in [1.29, 1.82) is 0 Å². The number of carbonyl (C=O) groups is 1. The second-order valence-electron chi connectivity index (χ2n) is 5.04. The van der Waals surface area contributed by atoms with Crippen molar-refractivity contribution in [3.8, 4) is 0 Å². The monoisotopic (exact) mass is 259 g/mol. The lowest BCUT2D eigenvalue weighted by Crippen LogP contribution is -2.41. The molecule has 6 nitrogen and oxygen atoms in total. The Balaban J connectivity index is 1.67. The SMILES string of the molecule is Cc1cn2c(n1)CC[C@@H](NC(=O)c1cnc(C)[nH]1)C2. The summed E-state index contributed by atoms with van der Waals surface area (Å²) in [5.74, 6) is 1.77. The second kappa shape index (κ2) is 4.53. The Kier molecular flexibility index (Phi) is 2.85. The summed E-state index contributed by atoms with van der Waals surface area (Å²) in [6.07, 6.45) is 5.43. The van der Waals surface area contributed by atoms with E-state index in [0.717, 1.165) is 36.7 Å². The highest BCUT2D eigenvalue weighted by atomic mass is 16.2. The largest absolute Gasteiger partial charge is 0.346 e. The van der Waals surface area contributed by atoms with Crippen LogP contribution in [-0.4, -0.2) is 31.5 Å². The van der Waals surface area contributed by atoms with E-state index in [1.54, 1.807) is 6.20 Å². The Labute approximate surface area is 111 Å². The Bertz CT molecular complexity index is 612. The van der Waals surface area contributed by atoms with Crippen molar-refractivity contribution in [3.63, 3.8) is 0 Å². The number of aryl methyl sites for hydroxylation is 3. The topological polar surface area (TPSA) is 75.6 Å². The molecule has 3 heterocycles. The average molecular weight is 259 g/mol. The molecule has 19 heavy (non-hydrogen) atoms. The zero-order valence-corrected chi connectivity index (χ0v) is 11.1. The summed E-state index contributed by atoms with van der Waals surface area (Å²) < 4.78 is 2.13. The van der Waals surface area contributed by atoms with Crippen LogP contribution in [0.1, 0.15) is 34.3 Å². The molecule has 0 saturated heterocycles. The van der Waals surface area contributed by atoms with Crippen LogP contribution in [0.25, 0.3) is 0 Å². The predicted molar refractivity (Wildman–Crippen MR) is 69.9 cm³/mol. The third kappa shape index (κ3) is 2.38. The first-order valence-electron chi connectivity index (χ1n) is 6.47. The number of carbonyl (C=O) groups excluding carboxylic acids is 1. The molecular weight excluding hydrogens is 242 g/mol. The number of aromatic amines is 1. The molecule has 100 valence electrons. The zero-order chi connectivity index (χ0) is 13.4. The number of nitrogens with zero attached hydrogens (tertiary/aromatic N) is 3. The van der Waals surface area contributed by atoms with Gasteiger partial charge in [-0.1, -0.05) is 0 Å². The maximum atomic E-state index is 12.0. The van der Waals surface area contributed by atoms with E-state index in [9.17, 15) is 4.79 Å². The van der Waals surface area contributed by atoms with E-state index in [-0.39, 0.29) is 11.9 Å². The van der Waals surface area contributed by atoms with Gasteiger partial charge in [0.2, 0.25) is 0 Å². The summed E-state index contributed by atoms with van der Waals surface area (Å²) in [4.78, 5) is 23.5. The van der Waals surface area contributed by atoms with E-state index < -0.39 is 0 Å². The minimum atomic E-state index is -0.0918. The van der Waals surface area contributed by atoms with Crippen LogP contribution in [0.5, 0.6) is 0 Å². The molecule has 0 aliphatic carbocycles. The maximum absolute atomic E-state index is 12.0. The maximum Gasteiger partial charge on any atom is 0.269 e. The number of fused-ring (bicyclic) bond motifs is 1. The van der Waals surface area contributed by atoms with Gasteiger partial charge < -0.3 is 14.9 Å². The van der Waals surface area contributed by atoms with E-state index in [2.05, 4.69) is 24.8 Å². The van der Waals surface area contributed by atoms with Crippen molar-refractivity contribution in [2.24, 2.45) is 0 Å². The van der Waals surface area contributed by atoms with Crippen LogP contribution in [0, 0.1) is 13.8 Å². The summed E-state index contributed by atoms with van der Waals surface area (Å²) in [6.45, 7) is 4.61. The van der Waals surface area contributed by atoms with Gasteiger partial charge >= 0.3 is 0 Å². The van der Waals surface area contributed by atoms with Crippen molar-refractivity contribution in [1.82, 2.24) is 24.8 Å². The lowest BCUT2D eigenvalue weighted by atomic mass is 10.1. The molecule has 2 aromatic rings. The summed E-state index contributed by atoms with van der Waals surface area (Å²) in [5, 5.41) is 3.04. The van der Waals surface area contributed by atoms with Gasteiger partial charge in [0.15, 0.2) is 0 Å². The van der Waals surface area contributed by atoms with E-state index in [1.165, 1.54) is 0 Å². The molecule has 1 aliphatic heterocycles. The molecule has 1 amide bonds. The highest BCUT2D eigenvalue weighted by Crippen LogP contribution is 2.15. The van der Waals surface area contributed by atoms with Gasteiger partial charge in [0.1, 0.15) is 17.3 Å². The Morgan fingerprint density at radius 3 is 3.11 bits per heavy atom. The fourth-order valence-corrected chi connectivity index (χ4v) is 2.50. The molecule has 1 aliphatic rings. The summed E-state index contributed by atoms with van der Waals surface area (Å²) in [6, 6.07) is 0.150. The number of H-pyrrole nitrogens is 1. The van der Waals surface area contributed by atoms with Crippen LogP contribution in [0.4, 0.5) is 0 Å². The third-order valence-corrected chi connectivity index (χ3v) is 3.40. The van der Waals surface area contributed by atoms with Crippen molar-refractivity contribution in [3.05, 3.63) is 35.4 Å². The quantitative estimate of drug-likeness (QED) is 0.843. The number of nitrogens with one attached hydrogen (secondary N) is 2. The van der Waals surface area contributed by atoms with Crippen molar-refractivity contribution < 1.29 is 4.79 Å². The predicted octanol–water partition coefficient (Wildman–Crippen LogP) is 0.968. The van der Waals surface area contributed by atoms with E-state index in [0.29, 0.717) is 5.69 Å². The molecule has 0 aromatic carbocycles. The highest BCUT2D eigenvalue weighted by Gasteiger charge is 2.22. The fourth-order valence-electron chi connectivity index (χ4n) is 2.50. The minimum absolute atomic E-state index is 0.0918.